The van der Waals surface area contributed by atoms with E-state index in [1.54, 1.807) is 12.4 Å². The highest BCUT2D eigenvalue weighted by Crippen LogP contribution is 2.09. The van der Waals surface area contributed by atoms with Crippen LogP contribution in [0.2, 0.25) is 0 Å². The van der Waals surface area contributed by atoms with Crippen molar-refractivity contribution in [3.63, 3.8) is 0 Å². The highest BCUT2D eigenvalue weighted by atomic mass is 15.4. The topological polar surface area (TPSA) is 59.9 Å². The molecular weight excluding hydrogens is 350 g/mol. The van der Waals surface area contributed by atoms with Crippen LogP contribution in [0.25, 0.3) is 0 Å². The third-order valence-electron chi connectivity index (χ3n) is 4.92. The van der Waals surface area contributed by atoms with Gasteiger partial charge in [0.1, 0.15) is 0 Å². The molecule has 0 bridgehead atoms. The van der Waals surface area contributed by atoms with Crippen LogP contribution in [0.4, 0.5) is 5.95 Å². The number of piperazine rings is 1. The number of nitrogens with one attached hydrogen (secondary N) is 1. The summed E-state index contributed by atoms with van der Waals surface area (Å²) < 4.78 is 0. The summed E-state index contributed by atoms with van der Waals surface area (Å²) in [4.78, 5) is 20.0. The lowest BCUT2D eigenvalue weighted by atomic mass is 10.2. The monoisotopic (exact) mass is 381 g/mol. The molecule has 7 heteroatoms. The number of anilines is 1. The van der Waals surface area contributed by atoms with Crippen molar-refractivity contribution >= 4 is 11.9 Å². The van der Waals surface area contributed by atoms with E-state index in [0.29, 0.717) is 0 Å². The normalized spacial score (nSPS) is 15.2. The summed E-state index contributed by atoms with van der Waals surface area (Å²) in [5.41, 5.74) is 1.36. The zero-order valence-corrected chi connectivity index (χ0v) is 17.0. The second-order valence-corrected chi connectivity index (χ2v) is 7.07. The number of guanidine groups is 1. The number of aromatic nitrogens is 2. The maximum Gasteiger partial charge on any atom is 0.225 e. The van der Waals surface area contributed by atoms with Crippen molar-refractivity contribution < 1.29 is 0 Å². The smallest absolute Gasteiger partial charge is 0.225 e. The molecule has 2 aromatic rings. The minimum atomic E-state index is 0.812. The molecule has 0 atom stereocenters. The van der Waals surface area contributed by atoms with Gasteiger partial charge >= 0.3 is 0 Å². The minimum absolute atomic E-state index is 0.812. The van der Waals surface area contributed by atoms with Crippen LogP contribution in [0.3, 0.4) is 0 Å². The lowest BCUT2D eigenvalue weighted by Crippen LogP contribution is -2.53. The van der Waals surface area contributed by atoms with E-state index in [9.17, 15) is 0 Å². The summed E-state index contributed by atoms with van der Waals surface area (Å²) in [5.74, 6) is 1.80. The van der Waals surface area contributed by atoms with Gasteiger partial charge in [-0.15, -0.1) is 0 Å². The van der Waals surface area contributed by atoms with E-state index < -0.39 is 0 Å². The molecule has 0 spiro atoms. The lowest BCUT2D eigenvalue weighted by Gasteiger charge is -2.36. The van der Waals surface area contributed by atoms with Crippen LogP contribution in [0.15, 0.2) is 53.8 Å². The van der Waals surface area contributed by atoms with Crippen molar-refractivity contribution in [2.45, 2.75) is 13.0 Å². The Morgan fingerprint density at radius 3 is 2.46 bits per heavy atom. The Labute approximate surface area is 168 Å². The summed E-state index contributed by atoms with van der Waals surface area (Å²) in [7, 11) is 4.03. The first-order valence-corrected chi connectivity index (χ1v) is 9.96. The third-order valence-corrected chi connectivity index (χ3v) is 4.92. The molecule has 1 aromatic heterocycles. The Morgan fingerprint density at radius 1 is 1.07 bits per heavy atom. The molecule has 0 unspecified atom stereocenters. The zero-order chi connectivity index (χ0) is 19.6. The largest absolute Gasteiger partial charge is 0.356 e. The average Bonchev–Trinajstić information content (AvgIpc) is 2.75. The van der Waals surface area contributed by atoms with E-state index in [0.717, 1.165) is 64.1 Å². The van der Waals surface area contributed by atoms with Crippen molar-refractivity contribution in [2.24, 2.45) is 4.99 Å². The van der Waals surface area contributed by atoms with Gasteiger partial charge in [-0.2, -0.15) is 0 Å². The molecule has 1 saturated heterocycles. The molecule has 3 rings (SSSR count). The summed E-state index contributed by atoms with van der Waals surface area (Å²) in [6.45, 7) is 6.62. The van der Waals surface area contributed by atoms with E-state index in [-0.39, 0.29) is 0 Å². The second-order valence-electron chi connectivity index (χ2n) is 7.07. The predicted octanol–water partition coefficient (Wildman–Crippen LogP) is 1.70. The molecule has 1 aromatic carbocycles. The van der Waals surface area contributed by atoms with Crippen LogP contribution < -0.4 is 10.2 Å². The number of nitrogens with zero attached hydrogens (tertiary/aromatic N) is 6. The maximum atomic E-state index is 4.46. The van der Waals surface area contributed by atoms with Gasteiger partial charge in [-0.25, -0.2) is 9.97 Å². The van der Waals surface area contributed by atoms with Crippen LogP contribution in [0.1, 0.15) is 12.0 Å². The number of benzene rings is 1. The Balaban J connectivity index is 1.36. The molecule has 1 aliphatic heterocycles. The molecular formula is C21H31N7. The zero-order valence-electron chi connectivity index (χ0n) is 17.0. The number of rotatable bonds is 7. The molecule has 7 nitrogen and oxygen atoms in total. The van der Waals surface area contributed by atoms with Gasteiger partial charge in [-0.1, -0.05) is 30.3 Å². The standard InChI is InChI=1S/C21H31N7/c1-22-20(23-12-7-13-26(2)18-19-8-4-3-5-9-19)27-14-16-28(17-15-27)21-24-10-6-11-25-21/h3-6,8-11H,7,12-18H2,1-2H3,(H,22,23). The molecule has 0 amide bonds. The van der Waals surface area contributed by atoms with Gasteiger partial charge in [0.05, 0.1) is 0 Å². The molecule has 1 fully saturated rings. The maximum absolute atomic E-state index is 4.46. The van der Waals surface area contributed by atoms with Gasteiger partial charge in [0.15, 0.2) is 5.96 Å². The van der Waals surface area contributed by atoms with E-state index in [1.807, 2.05) is 13.1 Å². The van der Waals surface area contributed by atoms with Crippen molar-refractivity contribution in [1.82, 2.24) is 25.1 Å². The van der Waals surface area contributed by atoms with Gasteiger partial charge < -0.3 is 20.0 Å². The van der Waals surface area contributed by atoms with Crippen LogP contribution in [0, 0.1) is 0 Å². The molecule has 0 saturated carbocycles. The van der Waals surface area contributed by atoms with Gasteiger partial charge in [0.25, 0.3) is 0 Å². The van der Waals surface area contributed by atoms with Crippen LogP contribution in [-0.4, -0.2) is 79.1 Å². The third kappa shape index (κ3) is 5.92. The van der Waals surface area contributed by atoms with Gasteiger partial charge in [0.2, 0.25) is 5.95 Å². The fourth-order valence-electron chi connectivity index (χ4n) is 3.43. The van der Waals surface area contributed by atoms with Crippen molar-refractivity contribution in [2.75, 3.05) is 58.3 Å². The number of aliphatic imine (C=N–C) groups is 1. The molecule has 2 heterocycles. The van der Waals surface area contributed by atoms with Crippen LogP contribution >= 0.6 is 0 Å². The highest BCUT2D eigenvalue weighted by molar-refractivity contribution is 5.80. The lowest BCUT2D eigenvalue weighted by molar-refractivity contribution is 0.319. The van der Waals surface area contributed by atoms with Crippen molar-refractivity contribution in [3.8, 4) is 0 Å². The quantitative estimate of drug-likeness (QED) is 0.448. The molecule has 1 N–H and O–H groups in total. The van der Waals surface area contributed by atoms with Gasteiger partial charge in [-0.05, 0) is 31.6 Å². The van der Waals surface area contributed by atoms with Gasteiger partial charge in [0, 0.05) is 58.7 Å². The van der Waals surface area contributed by atoms with Crippen LogP contribution in [-0.2, 0) is 6.54 Å². The first kappa shape index (κ1) is 20.1. The first-order chi connectivity index (χ1) is 13.8. The number of hydrogen-bond acceptors (Lipinski definition) is 5. The molecule has 1 aliphatic rings. The Bertz CT molecular complexity index is 712. The van der Waals surface area contributed by atoms with Crippen molar-refractivity contribution in [3.05, 3.63) is 54.4 Å². The van der Waals surface area contributed by atoms with Gasteiger partial charge in [-0.3, -0.25) is 4.99 Å². The molecule has 0 radical (unpaired) electrons. The second kappa shape index (κ2) is 10.6. The Kier molecular flexibility index (Phi) is 7.61. The van der Waals surface area contributed by atoms with E-state index >= 15 is 0 Å². The van der Waals surface area contributed by atoms with Crippen LogP contribution in [0.5, 0.6) is 0 Å². The SMILES string of the molecule is CN=C(NCCCN(C)Cc1ccccc1)N1CCN(c2ncccn2)CC1. The predicted molar refractivity (Wildman–Crippen MR) is 115 cm³/mol. The Morgan fingerprint density at radius 2 is 1.79 bits per heavy atom. The van der Waals surface area contributed by atoms with E-state index in [2.05, 4.69) is 72.4 Å². The molecule has 150 valence electrons. The highest BCUT2D eigenvalue weighted by Gasteiger charge is 2.20. The van der Waals surface area contributed by atoms with E-state index in [1.165, 1.54) is 5.56 Å². The minimum Gasteiger partial charge on any atom is -0.356 e. The molecule has 28 heavy (non-hydrogen) atoms. The fraction of sp³-hybridized carbons (Fsp3) is 0.476. The summed E-state index contributed by atoms with van der Waals surface area (Å²) in [5, 5.41) is 3.51. The summed E-state index contributed by atoms with van der Waals surface area (Å²) in [6, 6.07) is 12.5. The fourth-order valence-corrected chi connectivity index (χ4v) is 3.43. The summed E-state index contributed by atoms with van der Waals surface area (Å²) >= 11 is 0. The Hall–Kier alpha value is -2.67. The average molecular weight is 382 g/mol. The summed E-state index contributed by atoms with van der Waals surface area (Å²) in [6.07, 6.45) is 4.67. The number of hydrogen-bond donors (Lipinski definition) is 1. The molecule has 0 aliphatic carbocycles. The first-order valence-electron chi connectivity index (χ1n) is 9.96. The van der Waals surface area contributed by atoms with E-state index in [4.69, 9.17) is 0 Å². The van der Waals surface area contributed by atoms with Crippen molar-refractivity contribution in [1.29, 1.82) is 0 Å².